The molecule has 0 radical (unpaired) electrons. The predicted octanol–water partition coefficient (Wildman–Crippen LogP) is 2.06. The van der Waals surface area contributed by atoms with E-state index in [-0.39, 0.29) is 29.8 Å². The molecule has 28 heavy (non-hydrogen) atoms. The molecule has 158 valence electrons. The molecule has 1 heterocycles. The van der Waals surface area contributed by atoms with Gasteiger partial charge in [0, 0.05) is 12.1 Å². The SMILES string of the molecule is CC(C)N(C(=O)[C@H](C)OC(=O)CN1C(=O)N[C@@]2(CCCC[C@@H]2C)C1=O)C(C)C. The topological polar surface area (TPSA) is 96.0 Å². The van der Waals surface area contributed by atoms with Gasteiger partial charge in [0.05, 0.1) is 0 Å². The van der Waals surface area contributed by atoms with Crippen molar-refractivity contribution in [2.45, 2.75) is 91.0 Å². The molecule has 1 N–H and O–H groups in total. The third kappa shape index (κ3) is 4.15. The first-order chi connectivity index (χ1) is 13.0. The number of hydrogen-bond acceptors (Lipinski definition) is 5. The number of nitrogens with zero attached hydrogens (tertiary/aromatic N) is 2. The number of esters is 1. The van der Waals surface area contributed by atoms with Crippen LogP contribution < -0.4 is 5.32 Å². The fourth-order valence-electron chi connectivity index (χ4n) is 4.37. The Hall–Kier alpha value is -2.12. The summed E-state index contributed by atoms with van der Waals surface area (Å²) in [7, 11) is 0. The van der Waals surface area contributed by atoms with Crippen molar-refractivity contribution < 1.29 is 23.9 Å². The molecule has 0 aromatic rings. The van der Waals surface area contributed by atoms with E-state index in [1.54, 1.807) is 4.90 Å². The molecular weight excluding hydrogens is 362 g/mol. The lowest BCUT2D eigenvalue weighted by Gasteiger charge is -2.36. The Bertz CT molecular complexity index is 640. The first kappa shape index (κ1) is 22.2. The van der Waals surface area contributed by atoms with Crippen LogP contribution in [0, 0.1) is 5.92 Å². The second-order valence-corrected chi connectivity index (χ2v) is 8.50. The van der Waals surface area contributed by atoms with E-state index in [9.17, 15) is 19.2 Å². The molecule has 2 aliphatic rings. The minimum atomic E-state index is -0.986. The van der Waals surface area contributed by atoms with Gasteiger partial charge in [-0.1, -0.05) is 19.8 Å². The van der Waals surface area contributed by atoms with Gasteiger partial charge < -0.3 is 15.0 Å². The largest absolute Gasteiger partial charge is 0.451 e. The highest BCUT2D eigenvalue weighted by Gasteiger charge is 2.55. The van der Waals surface area contributed by atoms with Gasteiger partial charge in [-0.25, -0.2) is 4.79 Å². The summed E-state index contributed by atoms with van der Waals surface area (Å²) >= 11 is 0. The quantitative estimate of drug-likeness (QED) is 0.549. The number of rotatable bonds is 6. The normalized spacial score (nSPS) is 26.0. The second-order valence-electron chi connectivity index (χ2n) is 8.50. The van der Waals surface area contributed by atoms with E-state index in [2.05, 4.69) is 5.32 Å². The maximum Gasteiger partial charge on any atom is 0.327 e. The van der Waals surface area contributed by atoms with Crippen molar-refractivity contribution >= 4 is 23.8 Å². The average molecular weight is 396 g/mol. The Morgan fingerprint density at radius 3 is 2.32 bits per heavy atom. The van der Waals surface area contributed by atoms with Gasteiger partial charge in [-0.15, -0.1) is 0 Å². The lowest BCUT2D eigenvalue weighted by Crippen LogP contribution is -2.54. The van der Waals surface area contributed by atoms with Gasteiger partial charge in [-0.05, 0) is 53.4 Å². The van der Waals surface area contributed by atoms with Gasteiger partial charge in [0.2, 0.25) is 0 Å². The van der Waals surface area contributed by atoms with Gasteiger partial charge in [0.25, 0.3) is 11.8 Å². The molecule has 1 saturated heterocycles. The van der Waals surface area contributed by atoms with Crippen LogP contribution in [0.15, 0.2) is 0 Å². The number of hydrogen-bond donors (Lipinski definition) is 1. The zero-order valence-electron chi connectivity index (χ0n) is 17.8. The standard InChI is InChI=1S/C20H33N3O5/c1-12(2)23(13(3)4)17(25)15(6)28-16(24)11-22-18(26)20(21-19(22)27)10-8-7-9-14(20)5/h12-15H,7-11H2,1-6H3,(H,21,27)/t14-,15-,20+/m0/s1. The molecule has 1 spiro atoms. The molecule has 0 aromatic carbocycles. The molecule has 2 fully saturated rings. The Morgan fingerprint density at radius 1 is 1.18 bits per heavy atom. The molecule has 0 bridgehead atoms. The molecule has 0 unspecified atom stereocenters. The van der Waals surface area contributed by atoms with E-state index < -0.39 is 30.2 Å². The maximum atomic E-state index is 12.9. The van der Waals surface area contributed by atoms with Crippen LogP contribution in [-0.4, -0.2) is 63.9 Å². The van der Waals surface area contributed by atoms with Crippen molar-refractivity contribution in [3.05, 3.63) is 0 Å². The summed E-state index contributed by atoms with van der Waals surface area (Å²) in [5.41, 5.74) is -0.914. The van der Waals surface area contributed by atoms with E-state index in [1.807, 2.05) is 34.6 Å². The van der Waals surface area contributed by atoms with E-state index in [0.29, 0.717) is 6.42 Å². The third-order valence-electron chi connectivity index (χ3n) is 5.81. The van der Waals surface area contributed by atoms with Crippen LogP contribution in [0.4, 0.5) is 4.79 Å². The van der Waals surface area contributed by atoms with Crippen LogP contribution in [0.25, 0.3) is 0 Å². The van der Waals surface area contributed by atoms with Crippen molar-refractivity contribution in [1.29, 1.82) is 0 Å². The van der Waals surface area contributed by atoms with Crippen molar-refractivity contribution in [3.8, 4) is 0 Å². The number of carbonyl (C=O) groups excluding carboxylic acids is 4. The molecule has 1 aliphatic heterocycles. The van der Waals surface area contributed by atoms with Crippen molar-refractivity contribution in [1.82, 2.24) is 15.1 Å². The van der Waals surface area contributed by atoms with Crippen LogP contribution in [-0.2, 0) is 19.1 Å². The number of nitrogens with one attached hydrogen (secondary N) is 1. The molecule has 2 rings (SSSR count). The summed E-state index contributed by atoms with van der Waals surface area (Å²) in [5.74, 6) is -1.42. The molecule has 1 aliphatic carbocycles. The average Bonchev–Trinajstić information content (AvgIpc) is 2.82. The lowest BCUT2D eigenvalue weighted by molar-refractivity contribution is -0.162. The molecule has 3 atom stereocenters. The molecule has 4 amide bonds. The van der Waals surface area contributed by atoms with Crippen LogP contribution >= 0.6 is 0 Å². The molecule has 8 nitrogen and oxygen atoms in total. The smallest absolute Gasteiger partial charge is 0.327 e. The highest BCUT2D eigenvalue weighted by atomic mass is 16.5. The number of carbonyl (C=O) groups is 4. The number of ether oxygens (including phenoxy) is 1. The highest BCUT2D eigenvalue weighted by Crippen LogP contribution is 2.38. The minimum absolute atomic E-state index is 0.0184. The number of urea groups is 1. The van der Waals surface area contributed by atoms with Crippen LogP contribution in [0.2, 0.25) is 0 Å². The Kier molecular flexibility index (Phi) is 6.72. The van der Waals surface area contributed by atoms with Gasteiger partial charge >= 0.3 is 12.0 Å². The monoisotopic (exact) mass is 395 g/mol. The molecular formula is C20H33N3O5. The fraction of sp³-hybridized carbons (Fsp3) is 0.800. The van der Waals surface area contributed by atoms with E-state index in [4.69, 9.17) is 4.74 Å². The van der Waals surface area contributed by atoms with Gasteiger partial charge in [0.15, 0.2) is 6.10 Å². The third-order valence-corrected chi connectivity index (χ3v) is 5.81. The summed E-state index contributed by atoms with van der Waals surface area (Å²) < 4.78 is 5.25. The lowest BCUT2D eigenvalue weighted by atomic mass is 9.73. The predicted molar refractivity (Wildman–Crippen MR) is 103 cm³/mol. The Balaban J connectivity index is 2.02. The number of imide groups is 1. The Labute approximate surface area is 166 Å². The van der Waals surface area contributed by atoms with Crippen molar-refractivity contribution in [2.24, 2.45) is 5.92 Å². The zero-order valence-corrected chi connectivity index (χ0v) is 17.8. The summed E-state index contributed by atoms with van der Waals surface area (Å²) in [6.07, 6.45) is 2.34. The summed E-state index contributed by atoms with van der Waals surface area (Å²) in [5, 5.41) is 2.80. The molecule has 0 aromatic heterocycles. The van der Waals surface area contributed by atoms with E-state index in [1.165, 1.54) is 6.92 Å². The summed E-state index contributed by atoms with van der Waals surface area (Å²) in [6, 6.07) is -0.639. The zero-order chi connectivity index (χ0) is 21.2. The second kappa shape index (κ2) is 8.49. The van der Waals surface area contributed by atoms with Gasteiger partial charge in [-0.3, -0.25) is 19.3 Å². The van der Waals surface area contributed by atoms with Crippen LogP contribution in [0.1, 0.15) is 67.2 Å². The summed E-state index contributed by atoms with van der Waals surface area (Å²) in [4.78, 5) is 52.8. The van der Waals surface area contributed by atoms with Crippen LogP contribution in [0.3, 0.4) is 0 Å². The Morgan fingerprint density at radius 2 is 1.79 bits per heavy atom. The van der Waals surface area contributed by atoms with Crippen LogP contribution in [0.5, 0.6) is 0 Å². The number of amides is 4. The first-order valence-electron chi connectivity index (χ1n) is 10.2. The fourth-order valence-corrected chi connectivity index (χ4v) is 4.37. The van der Waals surface area contributed by atoms with Crippen molar-refractivity contribution in [3.63, 3.8) is 0 Å². The maximum absolute atomic E-state index is 12.9. The van der Waals surface area contributed by atoms with Gasteiger partial charge in [0.1, 0.15) is 12.1 Å². The highest BCUT2D eigenvalue weighted by molar-refractivity contribution is 6.09. The molecule has 1 saturated carbocycles. The van der Waals surface area contributed by atoms with Gasteiger partial charge in [-0.2, -0.15) is 0 Å². The summed E-state index contributed by atoms with van der Waals surface area (Å²) in [6.45, 7) is 10.5. The first-order valence-corrected chi connectivity index (χ1v) is 10.2. The minimum Gasteiger partial charge on any atom is -0.451 e. The van der Waals surface area contributed by atoms with E-state index >= 15 is 0 Å². The molecule has 8 heteroatoms. The van der Waals surface area contributed by atoms with Crippen molar-refractivity contribution in [2.75, 3.05) is 6.54 Å². The van der Waals surface area contributed by atoms with E-state index in [0.717, 1.165) is 24.2 Å².